The van der Waals surface area contributed by atoms with E-state index < -0.39 is 10.1 Å². The average molecular weight is 448 g/mol. The number of hydrogen-bond acceptors (Lipinski definition) is 5. The van der Waals surface area contributed by atoms with Crippen LogP contribution in [0.4, 0.5) is 5.82 Å². The van der Waals surface area contributed by atoms with Gasteiger partial charge in [-0.05, 0) is 56.7 Å². The summed E-state index contributed by atoms with van der Waals surface area (Å²) in [6, 6.07) is 21.9. The van der Waals surface area contributed by atoms with Gasteiger partial charge in [-0.15, -0.1) is 0 Å². The van der Waals surface area contributed by atoms with E-state index in [4.69, 9.17) is 9.17 Å². The lowest BCUT2D eigenvalue weighted by atomic mass is 10.1. The van der Waals surface area contributed by atoms with Crippen LogP contribution in [0.25, 0.3) is 23.0 Å². The summed E-state index contributed by atoms with van der Waals surface area (Å²) in [5.74, 6) is 1.05. The summed E-state index contributed by atoms with van der Waals surface area (Å²) in [5.41, 5.74) is 2.84. The average Bonchev–Trinajstić information content (AvgIpc) is 3.10. The molecule has 2 aromatic carbocycles. The number of hydrogen-bond donors (Lipinski definition) is 1. The quantitative estimate of drug-likeness (QED) is 0.390. The lowest BCUT2D eigenvalue weighted by molar-refractivity contribution is 0.497. The Morgan fingerprint density at radius 1 is 0.969 bits per heavy atom. The van der Waals surface area contributed by atoms with Gasteiger partial charge >= 0.3 is 10.1 Å². The molecule has 7 heteroatoms. The van der Waals surface area contributed by atoms with Crippen molar-refractivity contribution in [1.82, 2.24) is 9.38 Å². The third-order valence-electron chi connectivity index (χ3n) is 4.57. The highest BCUT2D eigenvalue weighted by Gasteiger charge is 2.20. The molecule has 0 aliphatic carbocycles. The van der Waals surface area contributed by atoms with Gasteiger partial charge in [0.2, 0.25) is 0 Å². The van der Waals surface area contributed by atoms with E-state index in [0.29, 0.717) is 5.69 Å². The second-order valence-electron chi connectivity index (χ2n) is 8.43. The van der Waals surface area contributed by atoms with Crippen molar-refractivity contribution in [1.29, 1.82) is 0 Å². The van der Waals surface area contributed by atoms with E-state index in [1.165, 1.54) is 6.08 Å². The molecule has 0 saturated heterocycles. The first-order chi connectivity index (χ1) is 15.2. The van der Waals surface area contributed by atoms with Crippen molar-refractivity contribution in [2.24, 2.45) is 0 Å². The summed E-state index contributed by atoms with van der Waals surface area (Å²) < 4.78 is 32.3. The van der Waals surface area contributed by atoms with Crippen molar-refractivity contribution in [3.8, 4) is 17.0 Å². The van der Waals surface area contributed by atoms with Gasteiger partial charge in [0, 0.05) is 17.3 Å². The summed E-state index contributed by atoms with van der Waals surface area (Å²) in [6.45, 7) is 6.22. The Balaban J connectivity index is 1.67. The highest BCUT2D eigenvalue weighted by molar-refractivity contribution is 7.90. The van der Waals surface area contributed by atoms with Gasteiger partial charge in [-0.3, -0.25) is 4.40 Å². The molecule has 0 atom stereocenters. The SMILES string of the molecule is CC(C)(C)Nc1c(-c2cccc(OS(=O)(=O)C=Cc3ccccc3)c2)nc2ccccn12. The molecule has 2 heterocycles. The van der Waals surface area contributed by atoms with Gasteiger partial charge in [0.25, 0.3) is 0 Å². The molecule has 0 radical (unpaired) electrons. The van der Waals surface area contributed by atoms with Gasteiger partial charge in [0.1, 0.15) is 22.9 Å². The number of anilines is 1. The fraction of sp³-hybridized carbons (Fsp3) is 0.160. The maximum absolute atomic E-state index is 12.5. The third-order valence-corrected chi connectivity index (χ3v) is 5.46. The standard InChI is InChI=1S/C25H25N3O3S/c1-25(2,3)27-24-23(26-22-14-7-8-16-28(22)24)20-12-9-13-21(18-20)31-32(29,30)17-15-19-10-5-4-6-11-19/h4-18,27H,1-3H3. The van der Waals surface area contributed by atoms with E-state index in [1.807, 2.05) is 65.2 Å². The molecule has 1 N–H and O–H groups in total. The molecule has 6 nitrogen and oxygen atoms in total. The molecule has 0 fully saturated rings. The molecule has 0 amide bonds. The fourth-order valence-corrected chi connectivity index (χ4v) is 4.01. The highest BCUT2D eigenvalue weighted by Crippen LogP contribution is 2.32. The Morgan fingerprint density at radius 2 is 1.72 bits per heavy atom. The Morgan fingerprint density at radius 3 is 2.47 bits per heavy atom. The van der Waals surface area contributed by atoms with Crippen LogP contribution in [-0.2, 0) is 10.1 Å². The predicted molar refractivity (Wildman–Crippen MR) is 129 cm³/mol. The number of fused-ring (bicyclic) bond motifs is 1. The number of aromatic nitrogens is 2. The second kappa shape index (κ2) is 8.51. The molecule has 32 heavy (non-hydrogen) atoms. The van der Waals surface area contributed by atoms with Crippen molar-refractivity contribution in [2.75, 3.05) is 5.32 Å². The van der Waals surface area contributed by atoms with Gasteiger partial charge in [-0.1, -0.05) is 48.5 Å². The molecule has 164 valence electrons. The first kappa shape index (κ1) is 21.6. The van der Waals surface area contributed by atoms with Crippen molar-refractivity contribution < 1.29 is 12.6 Å². The Kier molecular flexibility index (Phi) is 5.76. The Labute approximate surface area is 188 Å². The lowest BCUT2D eigenvalue weighted by Crippen LogP contribution is -2.27. The Bertz CT molecular complexity index is 1370. The van der Waals surface area contributed by atoms with E-state index in [9.17, 15) is 8.42 Å². The molecule has 0 unspecified atom stereocenters. The summed E-state index contributed by atoms with van der Waals surface area (Å²) >= 11 is 0. The molecule has 0 aliphatic rings. The molecule has 0 aliphatic heterocycles. The second-order valence-corrected chi connectivity index (χ2v) is 9.85. The molecule has 0 bridgehead atoms. The van der Waals surface area contributed by atoms with Crippen LogP contribution >= 0.6 is 0 Å². The number of pyridine rings is 1. The van der Waals surface area contributed by atoms with Crippen LogP contribution in [0.2, 0.25) is 0 Å². The zero-order valence-corrected chi connectivity index (χ0v) is 19.0. The first-order valence-electron chi connectivity index (χ1n) is 10.2. The van der Waals surface area contributed by atoms with E-state index >= 15 is 0 Å². The Hall–Kier alpha value is -3.58. The predicted octanol–water partition coefficient (Wildman–Crippen LogP) is 5.59. The fourth-order valence-electron chi connectivity index (χ4n) is 3.25. The summed E-state index contributed by atoms with van der Waals surface area (Å²) in [4.78, 5) is 4.76. The number of nitrogens with one attached hydrogen (secondary N) is 1. The summed E-state index contributed by atoms with van der Waals surface area (Å²) in [7, 11) is -3.92. The molecule has 0 spiro atoms. The molecule has 2 aromatic heterocycles. The van der Waals surface area contributed by atoms with Crippen LogP contribution in [0.3, 0.4) is 0 Å². The monoisotopic (exact) mass is 447 g/mol. The number of benzene rings is 2. The van der Waals surface area contributed by atoms with Crippen molar-refractivity contribution >= 4 is 27.7 Å². The molecule has 0 saturated carbocycles. The molecule has 4 aromatic rings. The minimum atomic E-state index is -3.92. The maximum atomic E-state index is 12.5. The number of imidazole rings is 1. The smallest absolute Gasteiger partial charge is 0.332 e. The number of nitrogens with zero attached hydrogens (tertiary/aromatic N) is 2. The molecule has 4 rings (SSSR count). The number of rotatable bonds is 6. The zero-order chi connectivity index (χ0) is 22.8. The van der Waals surface area contributed by atoms with E-state index in [2.05, 4.69) is 26.1 Å². The highest BCUT2D eigenvalue weighted by atomic mass is 32.2. The van der Waals surface area contributed by atoms with Crippen LogP contribution < -0.4 is 9.50 Å². The van der Waals surface area contributed by atoms with E-state index in [-0.39, 0.29) is 11.3 Å². The largest absolute Gasteiger partial charge is 0.379 e. The van der Waals surface area contributed by atoms with Crippen LogP contribution in [0.15, 0.2) is 84.4 Å². The van der Waals surface area contributed by atoms with Crippen molar-refractivity contribution in [2.45, 2.75) is 26.3 Å². The van der Waals surface area contributed by atoms with Gasteiger partial charge in [-0.2, -0.15) is 8.42 Å². The van der Waals surface area contributed by atoms with Gasteiger partial charge in [0.15, 0.2) is 0 Å². The minimum absolute atomic E-state index is 0.194. The molecular weight excluding hydrogens is 422 g/mol. The van der Waals surface area contributed by atoms with Gasteiger partial charge in [-0.25, -0.2) is 4.98 Å². The maximum Gasteiger partial charge on any atom is 0.332 e. The van der Waals surface area contributed by atoms with Crippen molar-refractivity contribution in [3.63, 3.8) is 0 Å². The normalized spacial score (nSPS) is 12.3. The van der Waals surface area contributed by atoms with Crippen molar-refractivity contribution in [3.05, 3.63) is 90.0 Å². The lowest BCUT2D eigenvalue weighted by Gasteiger charge is -2.22. The summed E-state index contributed by atoms with van der Waals surface area (Å²) in [5, 5.41) is 4.57. The van der Waals surface area contributed by atoms with Crippen LogP contribution in [0.1, 0.15) is 26.3 Å². The molecular formula is C25H25N3O3S. The third kappa shape index (κ3) is 5.18. The first-order valence-corrected chi connectivity index (χ1v) is 11.7. The van der Waals surface area contributed by atoms with Crippen LogP contribution in [0, 0.1) is 0 Å². The summed E-state index contributed by atoms with van der Waals surface area (Å²) in [6.07, 6.45) is 3.45. The van der Waals surface area contributed by atoms with E-state index in [0.717, 1.165) is 28.0 Å². The van der Waals surface area contributed by atoms with Crippen LogP contribution in [0.5, 0.6) is 5.75 Å². The minimum Gasteiger partial charge on any atom is -0.379 e. The topological polar surface area (TPSA) is 72.7 Å². The zero-order valence-electron chi connectivity index (χ0n) is 18.2. The van der Waals surface area contributed by atoms with Gasteiger partial charge < -0.3 is 9.50 Å². The van der Waals surface area contributed by atoms with Crippen LogP contribution in [-0.4, -0.2) is 23.3 Å². The van der Waals surface area contributed by atoms with E-state index in [1.54, 1.807) is 18.2 Å². The van der Waals surface area contributed by atoms with Gasteiger partial charge in [0.05, 0.1) is 5.41 Å².